The molecule has 9 heteroatoms. The molecule has 2 aromatic rings. The summed E-state index contributed by atoms with van der Waals surface area (Å²) in [5.74, 6) is -0.0232. The number of methoxy groups -OCH3 is 1. The van der Waals surface area contributed by atoms with Gasteiger partial charge in [-0.05, 0) is 6.42 Å². The minimum Gasteiger partial charge on any atom is -0.479 e. The first-order chi connectivity index (χ1) is 10.0. The molecule has 2 heterocycles. The Balaban J connectivity index is 2.06. The van der Waals surface area contributed by atoms with E-state index in [0.717, 1.165) is 10.8 Å². The highest BCUT2D eigenvalue weighted by molar-refractivity contribution is 8.01. The van der Waals surface area contributed by atoms with Gasteiger partial charge in [-0.2, -0.15) is 0 Å². The van der Waals surface area contributed by atoms with Gasteiger partial charge in [-0.25, -0.2) is 0 Å². The quantitative estimate of drug-likeness (QED) is 0.648. The number of nitrogens with zero attached hydrogens (tertiary/aromatic N) is 4. The Morgan fingerprint density at radius 2 is 2.33 bits per heavy atom. The van der Waals surface area contributed by atoms with E-state index in [-0.39, 0.29) is 11.8 Å². The molecule has 1 N–H and O–H groups in total. The lowest BCUT2D eigenvalue weighted by molar-refractivity contribution is 0.102. The summed E-state index contributed by atoms with van der Waals surface area (Å²) in [7, 11) is 3.20. The Morgan fingerprint density at radius 3 is 3.00 bits per heavy atom. The number of ether oxygens (including phenoxy) is 1. The largest absolute Gasteiger partial charge is 0.479 e. The minimum absolute atomic E-state index is 0.286. The van der Waals surface area contributed by atoms with E-state index in [1.54, 1.807) is 25.0 Å². The topological polar surface area (TPSA) is 81.9 Å². The molecule has 7 nitrogen and oxygen atoms in total. The summed E-state index contributed by atoms with van der Waals surface area (Å²) in [5, 5.41) is 15.7. The first-order valence-corrected chi connectivity index (χ1v) is 8.12. The summed E-state index contributed by atoms with van der Waals surface area (Å²) in [5.41, 5.74) is 0.367. The van der Waals surface area contributed by atoms with Crippen LogP contribution in [0, 0.1) is 0 Å². The normalized spacial score (nSPS) is 12.2. The highest BCUT2D eigenvalue weighted by Crippen LogP contribution is 2.30. The molecule has 2 rings (SSSR count). The van der Waals surface area contributed by atoms with E-state index < -0.39 is 0 Å². The van der Waals surface area contributed by atoms with Crippen LogP contribution in [0.15, 0.2) is 10.5 Å². The number of carbonyl (C=O) groups excluding carboxylic acids is 1. The van der Waals surface area contributed by atoms with Crippen molar-refractivity contribution in [2.45, 2.75) is 29.9 Å². The SMILES string of the molecule is CCC(C)Sc1nnc(NC(=O)c2cn(C)nc2OC)s1. The Hall–Kier alpha value is -1.61. The number of hydrogen-bond acceptors (Lipinski definition) is 7. The lowest BCUT2D eigenvalue weighted by Crippen LogP contribution is -2.12. The van der Waals surface area contributed by atoms with Crippen LogP contribution in [0.5, 0.6) is 5.88 Å². The van der Waals surface area contributed by atoms with Gasteiger partial charge >= 0.3 is 0 Å². The molecule has 0 aromatic carbocycles. The average molecular weight is 327 g/mol. The first kappa shape index (κ1) is 15.8. The van der Waals surface area contributed by atoms with Crippen LogP contribution in [0.4, 0.5) is 5.13 Å². The number of hydrogen-bond donors (Lipinski definition) is 1. The first-order valence-electron chi connectivity index (χ1n) is 6.42. The molecule has 0 bridgehead atoms. The van der Waals surface area contributed by atoms with Crippen LogP contribution in [0.3, 0.4) is 0 Å². The fourth-order valence-corrected chi connectivity index (χ4v) is 3.50. The van der Waals surface area contributed by atoms with Gasteiger partial charge < -0.3 is 4.74 Å². The van der Waals surface area contributed by atoms with Crippen LogP contribution in [0.2, 0.25) is 0 Å². The van der Waals surface area contributed by atoms with Crippen molar-refractivity contribution in [2.75, 3.05) is 12.4 Å². The molecule has 0 aliphatic heterocycles. The van der Waals surface area contributed by atoms with E-state index >= 15 is 0 Å². The molecule has 1 atom stereocenters. The summed E-state index contributed by atoms with van der Waals surface area (Å²) in [6, 6.07) is 0. The third-order valence-corrected chi connectivity index (χ3v) is 4.93. The molecule has 0 radical (unpaired) electrons. The van der Waals surface area contributed by atoms with E-state index in [1.165, 1.54) is 23.1 Å². The Bertz CT molecular complexity index is 625. The third kappa shape index (κ3) is 3.94. The molecule has 0 saturated heterocycles. The number of aryl methyl sites for hydroxylation is 1. The third-order valence-electron chi connectivity index (χ3n) is 2.74. The number of thioether (sulfide) groups is 1. The maximum atomic E-state index is 12.2. The van der Waals surface area contributed by atoms with Crippen molar-refractivity contribution in [1.82, 2.24) is 20.0 Å². The Kier molecular flexibility index (Phi) is 5.18. The zero-order valence-corrected chi connectivity index (χ0v) is 13.9. The molecule has 114 valence electrons. The van der Waals surface area contributed by atoms with Gasteiger partial charge in [0.15, 0.2) is 4.34 Å². The molecule has 0 fully saturated rings. The second kappa shape index (κ2) is 6.90. The van der Waals surface area contributed by atoms with Crippen molar-refractivity contribution in [3.8, 4) is 5.88 Å². The molecule has 0 aliphatic rings. The molecule has 1 unspecified atom stereocenters. The predicted molar refractivity (Wildman–Crippen MR) is 83.2 cm³/mol. The Labute approximate surface area is 131 Å². The van der Waals surface area contributed by atoms with Crippen molar-refractivity contribution in [3.05, 3.63) is 11.8 Å². The van der Waals surface area contributed by atoms with Crippen molar-refractivity contribution < 1.29 is 9.53 Å². The van der Waals surface area contributed by atoms with Crippen LogP contribution in [0.25, 0.3) is 0 Å². The zero-order chi connectivity index (χ0) is 15.4. The van der Waals surface area contributed by atoms with Gasteiger partial charge in [0, 0.05) is 18.5 Å². The van der Waals surface area contributed by atoms with Gasteiger partial charge in [0.05, 0.1) is 7.11 Å². The molecule has 21 heavy (non-hydrogen) atoms. The fraction of sp³-hybridized carbons (Fsp3) is 0.500. The summed E-state index contributed by atoms with van der Waals surface area (Å²) in [6.07, 6.45) is 2.66. The van der Waals surface area contributed by atoms with Crippen LogP contribution >= 0.6 is 23.1 Å². The summed E-state index contributed by atoms with van der Waals surface area (Å²) in [6.45, 7) is 4.25. The highest BCUT2D eigenvalue weighted by atomic mass is 32.2. The number of carbonyl (C=O) groups is 1. The summed E-state index contributed by atoms with van der Waals surface area (Å²) >= 11 is 3.01. The van der Waals surface area contributed by atoms with Crippen molar-refractivity contribution >= 4 is 34.1 Å². The monoisotopic (exact) mass is 327 g/mol. The summed E-state index contributed by atoms with van der Waals surface area (Å²) < 4.78 is 7.44. The zero-order valence-electron chi connectivity index (χ0n) is 12.3. The van der Waals surface area contributed by atoms with Gasteiger partial charge in [-0.1, -0.05) is 36.9 Å². The number of nitrogens with one attached hydrogen (secondary N) is 1. The van der Waals surface area contributed by atoms with Crippen molar-refractivity contribution in [1.29, 1.82) is 0 Å². The van der Waals surface area contributed by atoms with E-state index in [0.29, 0.717) is 15.9 Å². The molecule has 2 aromatic heterocycles. The molecular weight excluding hydrogens is 310 g/mol. The summed E-state index contributed by atoms with van der Waals surface area (Å²) in [4.78, 5) is 12.2. The second-order valence-corrected chi connectivity index (χ2v) is 7.05. The minimum atomic E-state index is -0.309. The maximum Gasteiger partial charge on any atom is 0.264 e. The molecule has 0 aliphatic carbocycles. The number of amides is 1. The lowest BCUT2D eigenvalue weighted by atomic mass is 10.3. The van der Waals surface area contributed by atoms with Crippen LogP contribution in [-0.4, -0.2) is 38.2 Å². The van der Waals surface area contributed by atoms with Crippen LogP contribution < -0.4 is 10.1 Å². The van der Waals surface area contributed by atoms with Crippen molar-refractivity contribution in [2.24, 2.45) is 7.05 Å². The molecule has 1 amide bonds. The van der Waals surface area contributed by atoms with Gasteiger partial charge in [0.1, 0.15) is 5.56 Å². The standard InChI is InChI=1S/C12H17N5O2S2/c1-5-7(2)20-12-15-14-11(21-12)13-9(18)8-6-17(3)16-10(8)19-4/h6-7H,5H2,1-4H3,(H,13,14,18). The van der Waals surface area contributed by atoms with E-state index in [1.807, 2.05) is 0 Å². The lowest BCUT2D eigenvalue weighted by Gasteiger charge is -2.02. The van der Waals surface area contributed by atoms with Gasteiger partial charge in [-0.3, -0.25) is 14.8 Å². The van der Waals surface area contributed by atoms with E-state index in [4.69, 9.17) is 4.74 Å². The van der Waals surface area contributed by atoms with Gasteiger partial charge in [-0.15, -0.1) is 15.3 Å². The average Bonchev–Trinajstić information content (AvgIpc) is 3.05. The number of aromatic nitrogens is 4. The fourth-order valence-electron chi connectivity index (χ4n) is 1.50. The molecule has 0 spiro atoms. The predicted octanol–water partition coefficient (Wildman–Crippen LogP) is 2.42. The van der Waals surface area contributed by atoms with E-state index in [9.17, 15) is 4.79 Å². The van der Waals surface area contributed by atoms with Gasteiger partial charge in [0.2, 0.25) is 11.0 Å². The smallest absolute Gasteiger partial charge is 0.264 e. The van der Waals surface area contributed by atoms with Crippen LogP contribution in [-0.2, 0) is 7.05 Å². The molecular formula is C12H17N5O2S2. The van der Waals surface area contributed by atoms with Crippen molar-refractivity contribution in [3.63, 3.8) is 0 Å². The number of rotatable bonds is 6. The molecule has 0 saturated carbocycles. The second-order valence-electron chi connectivity index (χ2n) is 4.39. The highest BCUT2D eigenvalue weighted by Gasteiger charge is 2.18. The maximum absolute atomic E-state index is 12.2. The van der Waals surface area contributed by atoms with Gasteiger partial charge in [0.25, 0.3) is 5.91 Å². The van der Waals surface area contributed by atoms with Crippen LogP contribution in [0.1, 0.15) is 30.6 Å². The number of anilines is 1. The Morgan fingerprint density at radius 1 is 1.57 bits per heavy atom. The van der Waals surface area contributed by atoms with E-state index in [2.05, 4.69) is 34.5 Å².